The van der Waals surface area contributed by atoms with Crippen LogP contribution in [0.15, 0.2) is 36.7 Å². The van der Waals surface area contributed by atoms with Crippen LogP contribution in [0.25, 0.3) is 0 Å². The molecule has 2 fully saturated rings. The summed E-state index contributed by atoms with van der Waals surface area (Å²) >= 11 is 0. The number of hydrogen-bond donors (Lipinski definition) is 1. The molecule has 2 aliphatic heterocycles. The summed E-state index contributed by atoms with van der Waals surface area (Å²) in [6, 6.07) is 7.27. The number of aryl methyl sites for hydroxylation is 1. The third kappa shape index (κ3) is 3.73. The second kappa shape index (κ2) is 8.02. The third-order valence-corrected chi connectivity index (χ3v) is 5.29. The molecule has 1 N–H and O–H groups in total. The molecule has 3 heterocycles. The van der Waals surface area contributed by atoms with Gasteiger partial charge in [-0.05, 0) is 18.6 Å². The monoisotopic (exact) mass is 383 g/mol. The molecule has 1 atom stereocenters. The molecule has 1 aromatic carbocycles. The van der Waals surface area contributed by atoms with Crippen LogP contribution in [0.5, 0.6) is 5.75 Å². The number of piperazine rings is 1. The van der Waals surface area contributed by atoms with E-state index in [1.807, 2.05) is 47.0 Å². The van der Waals surface area contributed by atoms with E-state index in [0.29, 0.717) is 25.3 Å². The van der Waals surface area contributed by atoms with Crippen molar-refractivity contribution in [2.24, 2.45) is 7.05 Å². The summed E-state index contributed by atoms with van der Waals surface area (Å²) in [4.78, 5) is 32.8. The van der Waals surface area contributed by atoms with Gasteiger partial charge in [0.05, 0.1) is 0 Å². The summed E-state index contributed by atoms with van der Waals surface area (Å²) in [5.74, 6) is 1.51. The molecule has 2 saturated heterocycles. The number of anilines is 1. The van der Waals surface area contributed by atoms with Gasteiger partial charge >= 0.3 is 0 Å². The summed E-state index contributed by atoms with van der Waals surface area (Å²) in [5, 5.41) is 3.33. The molecule has 148 valence electrons. The van der Waals surface area contributed by atoms with Crippen molar-refractivity contribution in [1.29, 1.82) is 0 Å². The van der Waals surface area contributed by atoms with E-state index in [0.717, 1.165) is 31.0 Å². The first-order valence-electron chi connectivity index (χ1n) is 9.64. The van der Waals surface area contributed by atoms with Crippen molar-refractivity contribution in [2.45, 2.75) is 18.9 Å². The second-order valence-corrected chi connectivity index (χ2v) is 7.14. The quantitative estimate of drug-likeness (QED) is 0.836. The maximum absolute atomic E-state index is 12.9. The number of benzene rings is 1. The van der Waals surface area contributed by atoms with E-state index < -0.39 is 0 Å². The minimum Gasteiger partial charge on any atom is -0.484 e. The Hall–Kier alpha value is -2.87. The molecule has 8 heteroatoms. The van der Waals surface area contributed by atoms with E-state index in [4.69, 9.17) is 4.74 Å². The fraction of sp³-hybridized carbons (Fsp3) is 0.450. The van der Waals surface area contributed by atoms with Gasteiger partial charge in [-0.25, -0.2) is 4.98 Å². The first-order valence-corrected chi connectivity index (χ1v) is 9.64. The normalized spacial score (nSPS) is 19.9. The molecule has 8 nitrogen and oxygen atoms in total. The lowest BCUT2D eigenvalue weighted by Crippen LogP contribution is -2.50. The van der Waals surface area contributed by atoms with E-state index in [-0.39, 0.29) is 24.5 Å². The predicted octanol–water partition coefficient (Wildman–Crippen LogP) is 1.10. The fourth-order valence-electron chi connectivity index (χ4n) is 3.82. The molecule has 2 aromatic rings. The summed E-state index contributed by atoms with van der Waals surface area (Å²) in [5.41, 5.74) is 0.820. The van der Waals surface area contributed by atoms with Gasteiger partial charge in [-0.1, -0.05) is 6.07 Å². The number of ether oxygens (including phenoxy) is 1. The van der Waals surface area contributed by atoms with Crippen molar-refractivity contribution < 1.29 is 14.3 Å². The Bertz CT molecular complexity index is 865. The van der Waals surface area contributed by atoms with Gasteiger partial charge in [-0.15, -0.1) is 0 Å². The molecule has 0 bridgehead atoms. The average molecular weight is 383 g/mol. The Labute approximate surface area is 164 Å². The van der Waals surface area contributed by atoms with Crippen LogP contribution in [0.1, 0.15) is 24.7 Å². The zero-order valence-electron chi connectivity index (χ0n) is 16.0. The minimum absolute atomic E-state index is 0.0433. The van der Waals surface area contributed by atoms with Crippen molar-refractivity contribution in [3.8, 4) is 5.75 Å². The summed E-state index contributed by atoms with van der Waals surface area (Å²) in [6.07, 6.45) is 5.09. The Kier molecular flexibility index (Phi) is 5.29. The van der Waals surface area contributed by atoms with Crippen LogP contribution in [-0.2, 0) is 16.6 Å². The van der Waals surface area contributed by atoms with Gasteiger partial charge in [0.25, 0.3) is 5.91 Å². The first kappa shape index (κ1) is 18.5. The van der Waals surface area contributed by atoms with Crippen LogP contribution >= 0.6 is 0 Å². The zero-order valence-corrected chi connectivity index (χ0v) is 16.0. The van der Waals surface area contributed by atoms with E-state index in [1.165, 1.54) is 0 Å². The van der Waals surface area contributed by atoms with Gasteiger partial charge in [-0.2, -0.15) is 0 Å². The SMILES string of the molecule is Cn1ccnc1C1CNCCN1C(=O)COc1cccc(N2CCCC2=O)c1. The molecule has 0 spiro atoms. The standard InChI is InChI=1S/C20H25N5O3/c1-23-10-8-22-20(23)17-13-21-7-11-25(17)19(27)14-28-16-5-2-4-15(12-16)24-9-3-6-18(24)26/h2,4-5,8,10,12,17,21H,3,6-7,9,11,13-14H2,1H3. The molecule has 1 aromatic heterocycles. The third-order valence-electron chi connectivity index (χ3n) is 5.29. The molecule has 2 aliphatic rings. The van der Waals surface area contributed by atoms with Gasteiger partial charge < -0.3 is 24.4 Å². The Morgan fingerprint density at radius 3 is 3.00 bits per heavy atom. The summed E-state index contributed by atoms with van der Waals surface area (Å²) in [6.45, 7) is 2.72. The Morgan fingerprint density at radius 1 is 1.36 bits per heavy atom. The highest BCUT2D eigenvalue weighted by Crippen LogP contribution is 2.26. The first-order chi connectivity index (χ1) is 13.6. The van der Waals surface area contributed by atoms with Crippen molar-refractivity contribution in [2.75, 3.05) is 37.7 Å². The topological polar surface area (TPSA) is 79.7 Å². The lowest BCUT2D eigenvalue weighted by Gasteiger charge is -2.35. The van der Waals surface area contributed by atoms with E-state index in [1.54, 1.807) is 11.1 Å². The van der Waals surface area contributed by atoms with Crippen LogP contribution in [-0.4, -0.2) is 59.1 Å². The predicted molar refractivity (Wildman–Crippen MR) is 104 cm³/mol. The smallest absolute Gasteiger partial charge is 0.261 e. The number of rotatable bonds is 5. The number of nitrogens with one attached hydrogen (secondary N) is 1. The number of carbonyl (C=O) groups excluding carboxylic acids is 2. The van der Waals surface area contributed by atoms with Crippen LogP contribution in [0.2, 0.25) is 0 Å². The van der Waals surface area contributed by atoms with Gasteiger partial charge in [0.1, 0.15) is 17.6 Å². The largest absolute Gasteiger partial charge is 0.484 e. The van der Waals surface area contributed by atoms with E-state index >= 15 is 0 Å². The van der Waals surface area contributed by atoms with Gasteiger partial charge in [0, 0.05) is 63.8 Å². The molecule has 2 amide bonds. The van der Waals surface area contributed by atoms with Crippen molar-refractivity contribution in [3.05, 3.63) is 42.5 Å². The van der Waals surface area contributed by atoms with E-state index in [9.17, 15) is 9.59 Å². The Morgan fingerprint density at radius 2 is 2.25 bits per heavy atom. The zero-order chi connectivity index (χ0) is 19.5. The van der Waals surface area contributed by atoms with Crippen molar-refractivity contribution in [1.82, 2.24) is 19.8 Å². The van der Waals surface area contributed by atoms with Crippen LogP contribution < -0.4 is 15.0 Å². The van der Waals surface area contributed by atoms with Crippen LogP contribution in [0.4, 0.5) is 5.69 Å². The lowest BCUT2D eigenvalue weighted by atomic mass is 10.1. The highest BCUT2D eigenvalue weighted by atomic mass is 16.5. The number of carbonyl (C=O) groups is 2. The average Bonchev–Trinajstić information content (AvgIpc) is 3.34. The Balaban J connectivity index is 1.42. The van der Waals surface area contributed by atoms with Crippen LogP contribution in [0, 0.1) is 0 Å². The van der Waals surface area contributed by atoms with Crippen molar-refractivity contribution >= 4 is 17.5 Å². The maximum atomic E-state index is 12.9. The van der Waals surface area contributed by atoms with Gasteiger partial charge in [-0.3, -0.25) is 9.59 Å². The molecule has 0 radical (unpaired) electrons. The molecular formula is C20H25N5O3. The fourth-order valence-corrected chi connectivity index (χ4v) is 3.82. The second-order valence-electron chi connectivity index (χ2n) is 7.14. The summed E-state index contributed by atoms with van der Waals surface area (Å²) < 4.78 is 7.72. The highest BCUT2D eigenvalue weighted by Gasteiger charge is 2.30. The molecule has 28 heavy (non-hydrogen) atoms. The number of aromatic nitrogens is 2. The number of hydrogen-bond acceptors (Lipinski definition) is 5. The minimum atomic E-state index is -0.113. The maximum Gasteiger partial charge on any atom is 0.261 e. The molecule has 4 rings (SSSR count). The lowest BCUT2D eigenvalue weighted by molar-refractivity contribution is -0.137. The van der Waals surface area contributed by atoms with E-state index in [2.05, 4.69) is 10.3 Å². The molecular weight excluding hydrogens is 358 g/mol. The summed E-state index contributed by atoms with van der Waals surface area (Å²) in [7, 11) is 1.93. The molecule has 1 unspecified atom stereocenters. The molecule has 0 aliphatic carbocycles. The molecule has 0 saturated carbocycles. The highest BCUT2D eigenvalue weighted by molar-refractivity contribution is 5.95. The van der Waals surface area contributed by atoms with Gasteiger partial charge in [0.2, 0.25) is 5.91 Å². The van der Waals surface area contributed by atoms with Crippen molar-refractivity contribution in [3.63, 3.8) is 0 Å². The van der Waals surface area contributed by atoms with Crippen LogP contribution in [0.3, 0.4) is 0 Å². The number of amides is 2. The number of nitrogens with zero attached hydrogens (tertiary/aromatic N) is 4. The number of imidazole rings is 1. The van der Waals surface area contributed by atoms with Gasteiger partial charge in [0.15, 0.2) is 6.61 Å².